The van der Waals surface area contributed by atoms with Gasteiger partial charge in [-0.15, -0.1) is 0 Å². The van der Waals surface area contributed by atoms with Crippen LogP contribution in [0.4, 0.5) is 0 Å². The van der Waals surface area contributed by atoms with Gasteiger partial charge in [0.2, 0.25) is 0 Å². The number of aliphatic hydroxyl groups is 1. The summed E-state index contributed by atoms with van der Waals surface area (Å²) in [6.45, 7) is 2.45. The molecule has 0 bridgehead atoms. The summed E-state index contributed by atoms with van der Waals surface area (Å²) in [6.07, 6.45) is 16.0. The summed E-state index contributed by atoms with van der Waals surface area (Å²) in [5.41, 5.74) is 0. The average Bonchev–Trinajstić information content (AvgIpc) is 2.21. The van der Waals surface area contributed by atoms with E-state index in [1.54, 1.807) is 0 Å². The van der Waals surface area contributed by atoms with E-state index >= 15 is 0 Å². The van der Waals surface area contributed by atoms with Gasteiger partial charge < -0.3 is 5.11 Å². The van der Waals surface area contributed by atoms with Crippen LogP contribution < -0.4 is 0 Å². The van der Waals surface area contributed by atoms with Gasteiger partial charge in [0.15, 0.2) is 0 Å². The van der Waals surface area contributed by atoms with Crippen LogP contribution in [-0.4, -0.2) is 11.7 Å². The molecule has 0 atom stereocenters. The van der Waals surface area contributed by atoms with Crippen LogP contribution in [-0.2, 0) is 0 Å². The third-order valence-electron chi connectivity index (χ3n) is 2.51. The number of rotatable bonds is 10. The standard InChI is InChI=1S/C13H26O.Ac/c1-2-3-4-5-6-7-8-9-10-11-12-13-14;/h2-3,14H,4-13H2,1H3;/b3-2+;. The fourth-order valence-electron chi connectivity index (χ4n) is 1.60. The molecule has 0 amide bonds. The minimum atomic E-state index is 0. The van der Waals surface area contributed by atoms with Gasteiger partial charge in [-0.3, -0.25) is 0 Å². The molecule has 0 rings (SSSR count). The third-order valence-corrected chi connectivity index (χ3v) is 2.51. The van der Waals surface area contributed by atoms with Crippen LogP contribution in [0.1, 0.15) is 64.7 Å². The van der Waals surface area contributed by atoms with Crippen molar-refractivity contribution in [2.24, 2.45) is 0 Å². The van der Waals surface area contributed by atoms with E-state index in [1.807, 2.05) is 0 Å². The zero-order valence-electron chi connectivity index (χ0n) is 10.3. The number of unbranched alkanes of at least 4 members (excludes halogenated alkanes) is 8. The van der Waals surface area contributed by atoms with Gasteiger partial charge in [-0.1, -0.05) is 50.7 Å². The van der Waals surface area contributed by atoms with E-state index in [4.69, 9.17) is 5.11 Å². The molecule has 0 aromatic rings. The van der Waals surface area contributed by atoms with Gasteiger partial charge in [-0.05, 0) is 26.2 Å². The van der Waals surface area contributed by atoms with Gasteiger partial charge in [0.1, 0.15) is 0 Å². The zero-order chi connectivity index (χ0) is 10.5. The summed E-state index contributed by atoms with van der Waals surface area (Å²) in [5, 5.41) is 8.58. The zero-order valence-corrected chi connectivity index (χ0v) is 15.0. The molecule has 87 valence electrons. The van der Waals surface area contributed by atoms with E-state index in [0.29, 0.717) is 6.61 Å². The van der Waals surface area contributed by atoms with E-state index in [1.165, 1.54) is 51.4 Å². The van der Waals surface area contributed by atoms with Gasteiger partial charge in [-0.2, -0.15) is 0 Å². The molecule has 15 heavy (non-hydrogen) atoms. The summed E-state index contributed by atoms with van der Waals surface area (Å²) >= 11 is 0. The molecule has 0 spiro atoms. The molecular weight excluding hydrogens is 399 g/mol. The van der Waals surface area contributed by atoms with Gasteiger partial charge in [0.05, 0.1) is 0 Å². The first kappa shape index (κ1) is 18.5. The first-order valence-electron chi connectivity index (χ1n) is 6.14. The van der Waals surface area contributed by atoms with Crippen LogP contribution in [0.3, 0.4) is 0 Å². The number of hydrogen-bond donors (Lipinski definition) is 1. The Morgan fingerprint density at radius 1 is 0.800 bits per heavy atom. The summed E-state index contributed by atoms with van der Waals surface area (Å²) in [7, 11) is 0. The van der Waals surface area contributed by atoms with E-state index in [2.05, 4.69) is 19.1 Å². The Labute approximate surface area is 131 Å². The second kappa shape index (κ2) is 17.5. The van der Waals surface area contributed by atoms with Gasteiger partial charge in [0.25, 0.3) is 0 Å². The molecule has 0 saturated carbocycles. The van der Waals surface area contributed by atoms with Gasteiger partial charge in [0, 0.05) is 50.7 Å². The second-order valence-electron chi connectivity index (χ2n) is 3.91. The SMILES string of the molecule is C/C=C/CCCCCCCCCCO.[Ac]. The monoisotopic (exact) mass is 425 g/mol. The first-order chi connectivity index (χ1) is 6.91. The molecule has 1 nitrogen and oxygen atoms in total. The van der Waals surface area contributed by atoms with Gasteiger partial charge >= 0.3 is 0 Å². The van der Waals surface area contributed by atoms with Crippen LogP contribution in [0.2, 0.25) is 0 Å². The van der Waals surface area contributed by atoms with Crippen molar-refractivity contribution in [3.63, 3.8) is 0 Å². The Hall–Kier alpha value is 1.14. The number of aliphatic hydroxyl groups excluding tert-OH is 1. The molecule has 0 unspecified atom stereocenters. The van der Waals surface area contributed by atoms with Crippen molar-refractivity contribution in [1.82, 2.24) is 0 Å². The van der Waals surface area contributed by atoms with E-state index < -0.39 is 0 Å². The smallest absolute Gasteiger partial charge is 0.0431 e. The quantitative estimate of drug-likeness (QED) is 0.414. The third kappa shape index (κ3) is 17.7. The molecule has 0 aromatic carbocycles. The minimum Gasteiger partial charge on any atom is -0.396 e. The van der Waals surface area contributed by atoms with Crippen LogP contribution in [0.15, 0.2) is 12.2 Å². The summed E-state index contributed by atoms with van der Waals surface area (Å²) < 4.78 is 0. The number of hydrogen-bond acceptors (Lipinski definition) is 1. The molecule has 1 radical (unpaired) electrons. The summed E-state index contributed by atoms with van der Waals surface area (Å²) in [4.78, 5) is 0. The van der Waals surface area contributed by atoms with E-state index in [-0.39, 0.29) is 44.1 Å². The molecule has 0 aliphatic heterocycles. The Balaban J connectivity index is 0. The summed E-state index contributed by atoms with van der Waals surface area (Å²) in [6, 6.07) is 0. The molecule has 1 N–H and O–H groups in total. The van der Waals surface area contributed by atoms with Crippen molar-refractivity contribution in [3.05, 3.63) is 12.2 Å². The Morgan fingerprint density at radius 3 is 1.73 bits per heavy atom. The van der Waals surface area contributed by atoms with Crippen molar-refractivity contribution in [3.8, 4) is 0 Å². The van der Waals surface area contributed by atoms with Crippen molar-refractivity contribution >= 4 is 0 Å². The Morgan fingerprint density at radius 2 is 1.27 bits per heavy atom. The maximum Gasteiger partial charge on any atom is 0.0431 e. The fourth-order valence-corrected chi connectivity index (χ4v) is 1.60. The predicted octanol–water partition coefficient (Wildman–Crippen LogP) is 4.07. The van der Waals surface area contributed by atoms with Crippen molar-refractivity contribution in [2.45, 2.75) is 64.7 Å². The fraction of sp³-hybridized carbons (Fsp3) is 0.846. The topological polar surface area (TPSA) is 20.2 Å². The number of allylic oxidation sites excluding steroid dienone is 2. The molecule has 0 saturated heterocycles. The van der Waals surface area contributed by atoms with Crippen LogP contribution in [0.5, 0.6) is 0 Å². The average molecular weight is 425 g/mol. The molecule has 0 fully saturated rings. The molecule has 0 aliphatic carbocycles. The first-order valence-corrected chi connectivity index (χ1v) is 6.14. The van der Waals surface area contributed by atoms with Crippen molar-refractivity contribution < 1.29 is 49.2 Å². The molecule has 0 aromatic heterocycles. The predicted molar refractivity (Wildman–Crippen MR) is 63.5 cm³/mol. The van der Waals surface area contributed by atoms with Crippen LogP contribution in [0, 0.1) is 44.1 Å². The normalized spacial score (nSPS) is 10.5. The van der Waals surface area contributed by atoms with E-state index in [0.717, 1.165) is 6.42 Å². The maximum absolute atomic E-state index is 8.58. The van der Waals surface area contributed by atoms with Crippen LogP contribution in [0.25, 0.3) is 0 Å². The molecular formula is C13H26AcO. The second-order valence-corrected chi connectivity index (χ2v) is 3.91. The Bertz CT molecular complexity index is 124. The van der Waals surface area contributed by atoms with E-state index in [9.17, 15) is 0 Å². The summed E-state index contributed by atoms with van der Waals surface area (Å²) in [5.74, 6) is 0. The molecule has 2 heteroatoms. The van der Waals surface area contributed by atoms with Crippen LogP contribution >= 0.6 is 0 Å². The van der Waals surface area contributed by atoms with Crippen molar-refractivity contribution in [1.29, 1.82) is 0 Å². The minimum absolute atomic E-state index is 0. The molecule has 0 heterocycles. The Kier molecular flexibility index (Phi) is 21.6. The maximum atomic E-state index is 8.58. The van der Waals surface area contributed by atoms with Gasteiger partial charge in [-0.25, -0.2) is 0 Å². The largest absolute Gasteiger partial charge is 0.396 e. The van der Waals surface area contributed by atoms with Crippen molar-refractivity contribution in [2.75, 3.05) is 6.61 Å². The molecule has 0 aliphatic rings.